The van der Waals surface area contributed by atoms with E-state index in [2.05, 4.69) is 10.2 Å². The van der Waals surface area contributed by atoms with Crippen LogP contribution in [0.1, 0.15) is 11.4 Å². The summed E-state index contributed by atoms with van der Waals surface area (Å²) in [5.74, 6) is -0.109. The third-order valence-electron chi connectivity index (χ3n) is 4.73. The van der Waals surface area contributed by atoms with Gasteiger partial charge >= 0.3 is 0 Å². The van der Waals surface area contributed by atoms with Gasteiger partial charge in [0.15, 0.2) is 0 Å². The number of rotatable bonds is 4. The summed E-state index contributed by atoms with van der Waals surface area (Å²) in [6.45, 7) is 4.78. The summed E-state index contributed by atoms with van der Waals surface area (Å²) in [4.78, 5) is 14.3. The molecule has 0 N–H and O–H groups in total. The first-order chi connectivity index (χ1) is 12.2. The second kappa shape index (κ2) is 7.01. The zero-order chi connectivity index (χ0) is 19.1. The van der Waals surface area contributed by atoms with Crippen molar-refractivity contribution in [1.82, 2.24) is 28.8 Å². The Morgan fingerprint density at radius 3 is 2.27 bits per heavy atom. The van der Waals surface area contributed by atoms with E-state index in [4.69, 9.17) is 11.6 Å². The van der Waals surface area contributed by atoms with E-state index in [-0.39, 0.29) is 30.4 Å². The number of hydrogen-bond acceptors (Lipinski definition) is 5. The Morgan fingerprint density at radius 1 is 1.12 bits per heavy atom. The van der Waals surface area contributed by atoms with Crippen LogP contribution >= 0.6 is 11.6 Å². The van der Waals surface area contributed by atoms with E-state index in [0.717, 1.165) is 5.69 Å². The Hall–Kier alpha value is -1.91. The van der Waals surface area contributed by atoms with Gasteiger partial charge in [-0.1, -0.05) is 11.6 Å². The number of aromatic nitrogens is 4. The van der Waals surface area contributed by atoms with E-state index >= 15 is 0 Å². The molecule has 26 heavy (non-hydrogen) atoms. The highest BCUT2D eigenvalue weighted by atomic mass is 35.5. The van der Waals surface area contributed by atoms with E-state index in [1.54, 1.807) is 30.5 Å². The van der Waals surface area contributed by atoms with E-state index in [9.17, 15) is 13.2 Å². The lowest BCUT2D eigenvalue weighted by Gasteiger charge is -2.34. The van der Waals surface area contributed by atoms with Crippen LogP contribution in [-0.2, 0) is 28.4 Å². The topological polar surface area (TPSA) is 93.3 Å². The molecule has 1 fully saturated rings. The normalized spacial score (nSPS) is 16.2. The van der Waals surface area contributed by atoms with Crippen LogP contribution in [0.15, 0.2) is 17.3 Å². The highest BCUT2D eigenvalue weighted by Gasteiger charge is 2.32. The molecule has 0 aliphatic carbocycles. The van der Waals surface area contributed by atoms with E-state index in [1.807, 2.05) is 0 Å². The number of sulfonamides is 1. The molecule has 0 saturated carbocycles. The van der Waals surface area contributed by atoms with Gasteiger partial charge in [0.1, 0.15) is 11.4 Å². The standard InChI is InChI=1S/C15H21ClN6O3S/c1-11-13(16)8-18-22(11)10-15(23)20-4-6-21(7-5-20)26(24,25)14-9-17-19(3)12(14)2/h8-9H,4-7,10H2,1-3H3. The van der Waals surface area contributed by atoms with Crippen LogP contribution in [0.3, 0.4) is 0 Å². The van der Waals surface area contributed by atoms with Gasteiger partial charge in [-0.15, -0.1) is 0 Å². The van der Waals surface area contributed by atoms with Crippen molar-refractivity contribution >= 4 is 27.5 Å². The molecule has 3 heterocycles. The predicted octanol–water partition coefficient (Wildman–Crippen LogP) is 0.420. The van der Waals surface area contributed by atoms with Gasteiger partial charge in [0, 0.05) is 33.2 Å². The van der Waals surface area contributed by atoms with Crippen LogP contribution < -0.4 is 0 Å². The van der Waals surface area contributed by atoms with E-state index in [1.165, 1.54) is 21.4 Å². The minimum atomic E-state index is -3.61. The van der Waals surface area contributed by atoms with Crippen molar-refractivity contribution in [2.45, 2.75) is 25.3 Å². The minimum absolute atomic E-state index is 0.0903. The van der Waals surface area contributed by atoms with Gasteiger partial charge in [-0.3, -0.25) is 14.2 Å². The second-order valence-corrected chi connectivity index (χ2v) is 8.55. The average molecular weight is 401 g/mol. The molecular weight excluding hydrogens is 380 g/mol. The fourth-order valence-corrected chi connectivity index (χ4v) is 4.61. The average Bonchev–Trinajstić information content (AvgIpc) is 3.12. The quantitative estimate of drug-likeness (QED) is 0.741. The van der Waals surface area contributed by atoms with Crippen molar-refractivity contribution in [2.24, 2.45) is 7.05 Å². The van der Waals surface area contributed by atoms with Gasteiger partial charge in [0.05, 0.1) is 28.8 Å². The molecule has 1 aliphatic rings. The summed E-state index contributed by atoms with van der Waals surface area (Å²) in [6.07, 6.45) is 2.87. The Balaban J connectivity index is 1.64. The van der Waals surface area contributed by atoms with Crippen LogP contribution in [0.2, 0.25) is 5.02 Å². The Kier molecular flexibility index (Phi) is 5.09. The molecule has 9 nitrogen and oxygen atoms in total. The van der Waals surface area contributed by atoms with E-state index < -0.39 is 10.0 Å². The van der Waals surface area contributed by atoms with Crippen molar-refractivity contribution in [3.05, 3.63) is 28.8 Å². The maximum absolute atomic E-state index is 12.8. The number of hydrogen-bond donors (Lipinski definition) is 0. The third-order valence-corrected chi connectivity index (χ3v) is 7.10. The van der Waals surface area contributed by atoms with Gasteiger partial charge < -0.3 is 4.90 Å². The molecule has 0 atom stereocenters. The van der Waals surface area contributed by atoms with Gasteiger partial charge in [0.2, 0.25) is 15.9 Å². The summed E-state index contributed by atoms with van der Waals surface area (Å²) < 4.78 is 30.0. The molecule has 142 valence electrons. The molecule has 0 unspecified atom stereocenters. The third kappa shape index (κ3) is 3.36. The molecular formula is C15H21ClN6O3S. The summed E-state index contributed by atoms with van der Waals surface area (Å²) >= 11 is 5.95. The molecule has 0 aromatic carbocycles. The van der Waals surface area contributed by atoms with Crippen molar-refractivity contribution < 1.29 is 13.2 Å². The lowest BCUT2D eigenvalue weighted by molar-refractivity contribution is -0.133. The van der Waals surface area contributed by atoms with Crippen LogP contribution in [0.4, 0.5) is 0 Å². The summed E-state index contributed by atoms with van der Waals surface area (Å²) in [6, 6.07) is 0. The summed E-state index contributed by atoms with van der Waals surface area (Å²) in [5.41, 5.74) is 1.32. The van der Waals surface area contributed by atoms with Crippen LogP contribution in [0.25, 0.3) is 0 Å². The fraction of sp³-hybridized carbons (Fsp3) is 0.533. The molecule has 1 amide bonds. The molecule has 2 aromatic rings. The molecule has 1 saturated heterocycles. The van der Waals surface area contributed by atoms with Gasteiger partial charge in [-0.25, -0.2) is 8.42 Å². The zero-order valence-corrected chi connectivity index (χ0v) is 16.5. The molecule has 0 spiro atoms. The lowest BCUT2D eigenvalue weighted by Crippen LogP contribution is -2.51. The number of carbonyl (C=O) groups excluding carboxylic acids is 1. The number of piperazine rings is 1. The minimum Gasteiger partial charge on any atom is -0.338 e. The van der Waals surface area contributed by atoms with Gasteiger partial charge in [-0.05, 0) is 13.8 Å². The van der Waals surface area contributed by atoms with Crippen LogP contribution in [0.5, 0.6) is 0 Å². The SMILES string of the molecule is Cc1c(S(=O)(=O)N2CCN(C(=O)Cn3ncc(Cl)c3C)CC2)cnn1C. The first kappa shape index (κ1) is 18.9. The van der Waals surface area contributed by atoms with Crippen molar-refractivity contribution in [2.75, 3.05) is 26.2 Å². The maximum atomic E-state index is 12.8. The first-order valence-corrected chi connectivity index (χ1v) is 9.98. The van der Waals surface area contributed by atoms with Gasteiger partial charge in [-0.2, -0.15) is 14.5 Å². The highest BCUT2D eigenvalue weighted by molar-refractivity contribution is 7.89. The number of halogens is 1. The Labute approximate surface area is 157 Å². The van der Waals surface area contributed by atoms with Crippen molar-refractivity contribution in [1.29, 1.82) is 0 Å². The zero-order valence-electron chi connectivity index (χ0n) is 14.9. The maximum Gasteiger partial charge on any atom is 0.246 e. The molecule has 0 radical (unpaired) electrons. The van der Waals surface area contributed by atoms with Crippen molar-refractivity contribution in [3.63, 3.8) is 0 Å². The van der Waals surface area contributed by atoms with Gasteiger partial charge in [0.25, 0.3) is 0 Å². The van der Waals surface area contributed by atoms with Crippen molar-refractivity contribution in [3.8, 4) is 0 Å². The smallest absolute Gasteiger partial charge is 0.246 e. The van der Waals surface area contributed by atoms with Crippen LogP contribution in [-0.4, -0.2) is 69.3 Å². The molecule has 0 bridgehead atoms. The van der Waals surface area contributed by atoms with Crippen LogP contribution in [0, 0.1) is 13.8 Å². The highest BCUT2D eigenvalue weighted by Crippen LogP contribution is 2.20. The number of aryl methyl sites for hydroxylation is 1. The molecule has 1 aliphatic heterocycles. The number of nitrogens with zero attached hydrogens (tertiary/aromatic N) is 6. The monoisotopic (exact) mass is 400 g/mol. The molecule has 2 aromatic heterocycles. The summed E-state index contributed by atoms with van der Waals surface area (Å²) in [5, 5.41) is 8.60. The Morgan fingerprint density at radius 2 is 1.77 bits per heavy atom. The predicted molar refractivity (Wildman–Crippen MR) is 95.3 cm³/mol. The lowest BCUT2D eigenvalue weighted by atomic mass is 10.3. The van der Waals surface area contributed by atoms with E-state index in [0.29, 0.717) is 23.8 Å². The fourth-order valence-electron chi connectivity index (χ4n) is 2.86. The first-order valence-electron chi connectivity index (χ1n) is 8.16. The number of amides is 1. The summed E-state index contributed by atoms with van der Waals surface area (Å²) in [7, 11) is -1.90. The Bertz CT molecular complexity index is 927. The number of carbonyl (C=O) groups is 1. The molecule has 3 rings (SSSR count). The molecule has 11 heteroatoms. The largest absolute Gasteiger partial charge is 0.338 e. The second-order valence-electron chi connectivity index (χ2n) is 6.24.